The van der Waals surface area contributed by atoms with Gasteiger partial charge in [-0.2, -0.15) is 0 Å². The Morgan fingerprint density at radius 1 is 1.00 bits per heavy atom. The number of furan rings is 1. The van der Waals surface area contributed by atoms with Crippen molar-refractivity contribution in [3.8, 4) is 0 Å². The molecule has 1 heterocycles. The fraction of sp³-hybridized carbons (Fsp3) is 0.143. The van der Waals surface area contributed by atoms with Gasteiger partial charge in [0.15, 0.2) is 0 Å². The third kappa shape index (κ3) is 4.82. The maximum absolute atomic E-state index is 13.6. The Labute approximate surface area is 160 Å². The van der Waals surface area contributed by atoms with E-state index in [1.165, 1.54) is 6.26 Å². The lowest BCUT2D eigenvalue weighted by Crippen LogP contribution is -2.33. The van der Waals surface area contributed by atoms with Crippen molar-refractivity contribution in [3.05, 3.63) is 95.4 Å². The van der Waals surface area contributed by atoms with Crippen LogP contribution >= 0.6 is 0 Å². The first kappa shape index (κ1) is 19.3. The molecule has 0 radical (unpaired) electrons. The Hall–Kier alpha value is -3.48. The molecule has 0 saturated heterocycles. The minimum absolute atomic E-state index is 0.00114. The molecule has 0 spiro atoms. The highest BCUT2D eigenvalue weighted by Gasteiger charge is 2.19. The number of amides is 2. The minimum Gasteiger partial charge on any atom is -0.467 e. The fourth-order valence-electron chi connectivity index (χ4n) is 2.71. The molecule has 0 aliphatic heterocycles. The number of nitrogens with one attached hydrogen (secondary N) is 2. The first-order valence-corrected chi connectivity index (χ1v) is 8.65. The van der Waals surface area contributed by atoms with E-state index in [1.807, 2.05) is 30.3 Å². The quantitative estimate of drug-likeness (QED) is 0.654. The molecular formula is C21H18F2N2O3. The van der Waals surface area contributed by atoms with Gasteiger partial charge in [0.1, 0.15) is 23.4 Å². The highest BCUT2D eigenvalue weighted by atomic mass is 19.1. The monoisotopic (exact) mass is 384 g/mol. The summed E-state index contributed by atoms with van der Waals surface area (Å²) in [5.41, 5.74) is 0.572. The summed E-state index contributed by atoms with van der Waals surface area (Å²) in [6.45, 7) is 0.00114. The van der Waals surface area contributed by atoms with E-state index in [9.17, 15) is 18.4 Å². The van der Waals surface area contributed by atoms with Crippen LogP contribution in [0.2, 0.25) is 0 Å². The summed E-state index contributed by atoms with van der Waals surface area (Å²) >= 11 is 0. The molecule has 1 unspecified atom stereocenters. The van der Waals surface area contributed by atoms with Crippen molar-refractivity contribution in [2.75, 3.05) is 6.54 Å². The summed E-state index contributed by atoms with van der Waals surface area (Å²) < 4.78 is 31.9. The van der Waals surface area contributed by atoms with Crippen LogP contribution in [-0.2, 0) is 4.79 Å². The average Bonchev–Trinajstić information content (AvgIpc) is 3.21. The molecule has 0 saturated carbocycles. The van der Waals surface area contributed by atoms with Gasteiger partial charge in [0.2, 0.25) is 5.91 Å². The molecule has 2 amide bonds. The van der Waals surface area contributed by atoms with Crippen LogP contribution in [0.15, 0.2) is 71.3 Å². The SMILES string of the molecule is O=C(CCNC(=O)c1ccc(F)cc1F)NC(c1ccccc1)c1ccco1. The van der Waals surface area contributed by atoms with Crippen LogP contribution < -0.4 is 10.6 Å². The molecule has 1 aromatic heterocycles. The molecule has 2 aromatic carbocycles. The zero-order valence-corrected chi connectivity index (χ0v) is 14.8. The fourth-order valence-corrected chi connectivity index (χ4v) is 2.71. The van der Waals surface area contributed by atoms with Crippen molar-refractivity contribution in [2.45, 2.75) is 12.5 Å². The lowest BCUT2D eigenvalue weighted by molar-refractivity contribution is -0.121. The van der Waals surface area contributed by atoms with E-state index in [-0.39, 0.29) is 24.4 Å². The van der Waals surface area contributed by atoms with Crippen molar-refractivity contribution in [1.82, 2.24) is 10.6 Å². The summed E-state index contributed by atoms with van der Waals surface area (Å²) in [6, 6.07) is 15.0. The topological polar surface area (TPSA) is 71.3 Å². The van der Waals surface area contributed by atoms with E-state index in [1.54, 1.807) is 12.1 Å². The number of rotatable bonds is 7. The Bertz CT molecular complexity index is 944. The summed E-state index contributed by atoms with van der Waals surface area (Å²) in [7, 11) is 0. The van der Waals surface area contributed by atoms with E-state index in [2.05, 4.69) is 10.6 Å². The van der Waals surface area contributed by atoms with Gasteiger partial charge in [-0.05, 0) is 29.8 Å². The van der Waals surface area contributed by atoms with Gasteiger partial charge in [-0.25, -0.2) is 8.78 Å². The summed E-state index contributed by atoms with van der Waals surface area (Å²) in [5.74, 6) is -2.17. The standard InChI is InChI=1S/C21H18F2N2O3/c22-15-8-9-16(17(23)13-15)21(27)24-11-10-19(26)25-20(18-7-4-12-28-18)14-5-2-1-3-6-14/h1-9,12-13,20H,10-11H2,(H,24,27)(H,25,26). The van der Waals surface area contributed by atoms with E-state index >= 15 is 0 Å². The van der Waals surface area contributed by atoms with Crippen LogP contribution in [0.5, 0.6) is 0 Å². The molecule has 1 atom stereocenters. The molecular weight excluding hydrogens is 366 g/mol. The first-order chi connectivity index (χ1) is 13.5. The molecule has 7 heteroatoms. The highest BCUT2D eigenvalue weighted by Crippen LogP contribution is 2.22. The predicted molar refractivity (Wildman–Crippen MR) is 98.4 cm³/mol. The predicted octanol–water partition coefficient (Wildman–Crippen LogP) is 3.58. The molecule has 28 heavy (non-hydrogen) atoms. The number of halogens is 2. The zero-order chi connectivity index (χ0) is 19.9. The smallest absolute Gasteiger partial charge is 0.254 e. The molecule has 0 aliphatic carbocycles. The Kier molecular flexibility index (Phi) is 6.16. The van der Waals surface area contributed by atoms with Gasteiger partial charge in [-0.15, -0.1) is 0 Å². The number of benzene rings is 2. The number of carbonyl (C=O) groups is 2. The van der Waals surface area contributed by atoms with Gasteiger partial charge in [-0.3, -0.25) is 9.59 Å². The Morgan fingerprint density at radius 2 is 1.79 bits per heavy atom. The minimum atomic E-state index is -0.955. The van der Waals surface area contributed by atoms with Crippen molar-refractivity contribution in [2.24, 2.45) is 0 Å². The molecule has 5 nitrogen and oxygen atoms in total. The van der Waals surface area contributed by atoms with Crippen LogP contribution in [0.25, 0.3) is 0 Å². The molecule has 0 bridgehead atoms. The van der Waals surface area contributed by atoms with E-state index < -0.39 is 23.6 Å². The normalized spacial score (nSPS) is 11.6. The Balaban J connectivity index is 1.57. The highest BCUT2D eigenvalue weighted by molar-refractivity contribution is 5.94. The van der Waals surface area contributed by atoms with Crippen molar-refractivity contribution >= 4 is 11.8 Å². The van der Waals surface area contributed by atoms with Gasteiger partial charge in [0.25, 0.3) is 5.91 Å². The number of carbonyl (C=O) groups excluding carboxylic acids is 2. The van der Waals surface area contributed by atoms with E-state index in [0.29, 0.717) is 11.8 Å². The second kappa shape index (κ2) is 8.94. The third-order valence-electron chi connectivity index (χ3n) is 4.08. The number of hydrogen-bond donors (Lipinski definition) is 2. The maximum Gasteiger partial charge on any atom is 0.254 e. The van der Waals surface area contributed by atoms with Crippen molar-refractivity contribution in [3.63, 3.8) is 0 Å². The summed E-state index contributed by atoms with van der Waals surface area (Å²) in [4.78, 5) is 24.3. The van der Waals surface area contributed by atoms with Crippen LogP contribution in [0.3, 0.4) is 0 Å². The third-order valence-corrected chi connectivity index (χ3v) is 4.08. The van der Waals surface area contributed by atoms with E-state index in [0.717, 1.165) is 17.7 Å². The van der Waals surface area contributed by atoms with Gasteiger partial charge in [-0.1, -0.05) is 30.3 Å². The summed E-state index contributed by atoms with van der Waals surface area (Å²) in [5, 5.41) is 5.31. The van der Waals surface area contributed by atoms with Gasteiger partial charge in [0, 0.05) is 19.0 Å². The molecule has 144 valence electrons. The van der Waals surface area contributed by atoms with Crippen molar-refractivity contribution < 1.29 is 22.8 Å². The largest absolute Gasteiger partial charge is 0.467 e. The van der Waals surface area contributed by atoms with E-state index in [4.69, 9.17) is 4.42 Å². The second-order valence-electron chi connectivity index (χ2n) is 6.06. The molecule has 2 N–H and O–H groups in total. The first-order valence-electron chi connectivity index (χ1n) is 8.65. The van der Waals surface area contributed by atoms with Crippen LogP contribution in [0.1, 0.15) is 34.1 Å². The molecule has 3 rings (SSSR count). The van der Waals surface area contributed by atoms with Gasteiger partial charge >= 0.3 is 0 Å². The second-order valence-corrected chi connectivity index (χ2v) is 6.06. The molecule has 3 aromatic rings. The average molecular weight is 384 g/mol. The maximum atomic E-state index is 13.6. The van der Waals surface area contributed by atoms with Crippen molar-refractivity contribution in [1.29, 1.82) is 0 Å². The van der Waals surface area contributed by atoms with Gasteiger partial charge < -0.3 is 15.1 Å². The van der Waals surface area contributed by atoms with Crippen LogP contribution in [0, 0.1) is 11.6 Å². The zero-order valence-electron chi connectivity index (χ0n) is 14.8. The van der Waals surface area contributed by atoms with Gasteiger partial charge in [0.05, 0.1) is 11.8 Å². The van der Waals surface area contributed by atoms with Crippen LogP contribution in [-0.4, -0.2) is 18.4 Å². The number of hydrogen-bond acceptors (Lipinski definition) is 3. The molecule has 0 fully saturated rings. The summed E-state index contributed by atoms with van der Waals surface area (Å²) in [6.07, 6.45) is 1.51. The van der Waals surface area contributed by atoms with Crippen LogP contribution in [0.4, 0.5) is 8.78 Å². The lowest BCUT2D eigenvalue weighted by atomic mass is 10.0. The lowest BCUT2D eigenvalue weighted by Gasteiger charge is -2.17. The Morgan fingerprint density at radius 3 is 2.46 bits per heavy atom. The molecule has 0 aliphatic rings.